The minimum absolute atomic E-state index is 0.712. The molecule has 1 N–H and O–H groups in total. The monoisotopic (exact) mass is 224 g/mol. The predicted molar refractivity (Wildman–Crippen MR) is 64.2 cm³/mol. The fourth-order valence-electron chi connectivity index (χ4n) is 2.28. The lowest BCUT2D eigenvalue weighted by Crippen LogP contribution is -2.11. The SMILES string of the molecule is CC1CCC(CNc2ccncc2Cl)C1. The van der Waals surface area contributed by atoms with E-state index in [9.17, 15) is 0 Å². The molecule has 0 radical (unpaired) electrons. The van der Waals surface area contributed by atoms with Crippen LogP contribution in [0.5, 0.6) is 0 Å². The van der Waals surface area contributed by atoms with Crippen LogP contribution < -0.4 is 5.32 Å². The van der Waals surface area contributed by atoms with E-state index in [1.807, 2.05) is 6.07 Å². The highest BCUT2D eigenvalue weighted by atomic mass is 35.5. The summed E-state index contributed by atoms with van der Waals surface area (Å²) in [5.41, 5.74) is 1.01. The molecule has 1 aromatic heterocycles. The Hall–Kier alpha value is -0.760. The predicted octanol–water partition coefficient (Wildman–Crippen LogP) is 3.58. The van der Waals surface area contributed by atoms with E-state index in [4.69, 9.17) is 11.6 Å². The van der Waals surface area contributed by atoms with Crippen LogP contribution in [0.15, 0.2) is 18.5 Å². The number of anilines is 1. The second-order valence-electron chi connectivity index (χ2n) is 4.52. The van der Waals surface area contributed by atoms with Gasteiger partial charge >= 0.3 is 0 Å². The normalized spacial score (nSPS) is 25.5. The standard InChI is InChI=1S/C12H17ClN2/c1-9-2-3-10(6-9)7-15-12-4-5-14-8-11(12)13/h4-5,8-10H,2-3,6-7H2,1H3,(H,14,15). The summed E-state index contributed by atoms with van der Waals surface area (Å²) in [6.07, 6.45) is 7.51. The molecule has 3 heteroatoms. The number of nitrogens with zero attached hydrogens (tertiary/aromatic N) is 1. The van der Waals surface area contributed by atoms with Crippen LogP contribution in [-0.2, 0) is 0 Å². The van der Waals surface area contributed by atoms with Gasteiger partial charge in [0.2, 0.25) is 0 Å². The van der Waals surface area contributed by atoms with Gasteiger partial charge in [-0.05, 0) is 30.7 Å². The summed E-state index contributed by atoms with van der Waals surface area (Å²) in [6, 6.07) is 1.93. The van der Waals surface area contributed by atoms with Gasteiger partial charge in [-0.3, -0.25) is 4.98 Å². The van der Waals surface area contributed by atoms with Crippen molar-refractivity contribution in [2.75, 3.05) is 11.9 Å². The van der Waals surface area contributed by atoms with Crippen LogP contribution in [0.1, 0.15) is 26.2 Å². The fourth-order valence-corrected chi connectivity index (χ4v) is 2.47. The number of nitrogens with one attached hydrogen (secondary N) is 1. The van der Waals surface area contributed by atoms with Crippen molar-refractivity contribution in [3.8, 4) is 0 Å². The van der Waals surface area contributed by atoms with Gasteiger partial charge in [0.05, 0.1) is 10.7 Å². The van der Waals surface area contributed by atoms with Gasteiger partial charge in [-0.2, -0.15) is 0 Å². The van der Waals surface area contributed by atoms with Gasteiger partial charge < -0.3 is 5.32 Å². The molecule has 0 aromatic carbocycles. The first-order valence-corrected chi connectivity index (χ1v) is 5.97. The van der Waals surface area contributed by atoms with Crippen molar-refractivity contribution >= 4 is 17.3 Å². The minimum atomic E-state index is 0.712. The molecular weight excluding hydrogens is 208 g/mol. The molecule has 2 rings (SSSR count). The third-order valence-electron chi connectivity index (χ3n) is 3.16. The number of hydrogen-bond acceptors (Lipinski definition) is 2. The van der Waals surface area contributed by atoms with Crippen LogP contribution in [0.4, 0.5) is 5.69 Å². The third-order valence-corrected chi connectivity index (χ3v) is 3.46. The van der Waals surface area contributed by atoms with Gasteiger partial charge in [-0.15, -0.1) is 0 Å². The highest BCUT2D eigenvalue weighted by molar-refractivity contribution is 6.33. The molecule has 0 spiro atoms. The molecule has 15 heavy (non-hydrogen) atoms. The average molecular weight is 225 g/mol. The molecule has 2 unspecified atom stereocenters. The zero-order chi connectivity index (χ0) is 10.7. The maximum Gasteiger partial charge on any atom is 0.0820 e. The van der Waals surface area contributed by atoms with E-state index in [1.54, 1.807) is 12.4 Å². The Labute approximate surface area is 96.1 Å². The van der Waals surface area contributed by atoms with Crippen LogP contribution in [0.3, 0.4) is 0 Å². The molecule has 0 saturated heterocycles. The van der Waals surface area contributed by atoms with E-state index in [2.05, 4.69) is 17.2 Å². The number of halogens is 1. The zero-order valence-electron chi connectivity index (χ0n) is 9.04. The van der Waals surface area contributed by atoms with E-state index < -0.39 is 0 Å². The first-order chi connectivity index (χ1) is 7.25. The summed E-state index contributed by atoms with van der Waals surface area (Å²) in [5, 5.41) is 4.12. The number of hydrogen-bond donors (Lipinski definition) is 1. The zero-order valence-corrected chi connectivity index (χ0v) is 9.80. The molecule has 1 heterocycles. The molecule has 1 aromatic rings. The summed E-state index contributed by atoms with van der Waals surface area (Å²) in [6.45, 7) is 3.37. The number of rotatable bonds is 3. The van der Waals surface area contributed by atoms with Crippen LogP contribution in [-0.4, -0.2) is 11.5 Å². The lowest BCUT2D eigenvalue weighted by Gasteiger charge is -2.12. The Bertz CT molecular complexity index is 327. The van der Waals surface area contributed by atoms with E-state index >= 15 is 0 Å². The maximum absolute atomic E-state index is 6.01. The largest absolute Gasteiger partial charge is 0.383 e. The smallest absolute Gasteiger partial charge is 0.0820 e. The summed E-state index contributed by atoms with van der Waals surface area (Å²) in [5.74, 6) is 1.70. The average Bonchev–Trinajstić information content (AvgIpc) is 2.63. The molecule has 2 nitrogen and oxygen atoms in total. The highest BCUT2D eigenvalue weighted by Gasteiger charge is 2.20. The molecule has 0 aliphatic heterocycles. The second kappa shape index (κ2) is 4.84. The molecule has 0 bridgehead atoms. The van der Waals surface area contributed by atoms with Crippen molar-refractivity contribution < 1.29 is 0 Å². The van der Waals surface area contributed by atoms with Crippen molar-refractivity contribution in [1.82, 2.24) is 4.98 Å². The van der Waals surface area contributed by atoms with Gasteiger partial charge in [-0.1, -0.05) is 24.9 Å². The fraction of sp³-hybridized carbons (Fsp3) is 0.583. The van der Waals surface area contributed by atoms with E-state index in [-0.39, 0.29) is 0 Å². The number of pyridine rings is 1. The molecule has 82 valence electrons. The van der Waals surface area contributed by atoms with Crippen molar-refractivity contribution in [3.63, 3.8) is 0 Å². The molecule has 1 aliphatic carbocycles. The van der Waals surface area contributed by atoms with Crippen LogP contribution >= 0.6 is 11.6 Å². The van der Waals surface area contributed by atoms with Crippen LogP contribution in [0, 0.1) is 11.8 Å². The lowest BCUT2D eigenvalue weighted by atomic mass is 10.1. The van der Waals surface area contributed by atoms with Crippen molar-refractivity contribution in [2.24, 2.45) is 11.8 Å². The summed E-state index contributed by atoms with van der Waals surface area (Å²) in [7, 11) is 0. The Balaban J connectivity index is 1.86. The van der Waals surface area contributed by atoms with Crippen molar-refractivity contribution in [2.45, 2.75) is 26.2 Å². The van der Waals surface area contributed by atoms with Gasteiger partial charge in [-0.25, -0.2) is 0 Å². The molecule has 1 aliphatic rings. The first kappa shape index (κ1) is 10.7. The quantitative estimate of drug-likeness (QED) is 0.849. The highest BCUT2D eigenvalue weighted by Crippen LogP contribution is 2.30. The number of aromatic nitrogens is 1. The Kier molecular flexibility index (Phi) is 3.47. The molecule has 0 amide bonds. The molecule has 1 fully saturated rings. The van der Waals surface area contributed by atoms with E-state index in [1.165, 1.54) is 19.3 Å². The Morgan fingerprint density at radius 2 is 2.40 bits per heavy atom. The minimum Gasteiger partial charge on any atom is -0.383 e. The molecule has 1 saturated carbocycles. The summed E-state index contributed by atoms with van der Waals surface area (Å²) >= 11 is 6.01. The topological polar surface area (TPSA) is 24.9 Å². The van der Waals surface area contributed by atoms with E-state index in [0.717, 1.165) is 24.1 Å². The van der Waals surface area contributed by atoms with Crippen LogP contribution in [0.2, 0.25) is 5.02 Å². The Morgan fingerprint density at radius 3 is 3.07 bits per heavy atom. The van der Waals surface area contributed by atoms with Crippen molar-refractivity contribution in [1.29, 1.82) is 0 Å². The second-order valence-corrected chi connectivity index (χ2v) is 4.93. The van der Waals surface area contributed by atoms with Crippen molar-refractivity contribution in [3.05, 3.63) is 23.5 Å². The maximum atomic E-state index is 6.01. The van der Waals surface area contributed by atoms with Gasteiger partial charge in [0.25, 0.3) is 0 Å². The molecule has 2 atom stereocenters. The lowest BCUT2D eigenvalue weighted by molar-refractivity contribution is 0.537. The van der Waals surface area contributed by atoms with Gasteiger partial charge in [0, 0.05) is 18.9 Å². The first-order valence-electron chi connectivity index (χ1n) is 5.59. The Morgan fingerprint density at radius 1 is 1.53 bits per heavy atom. The summed E-state index contributed by atoms with van der Waals surface area (Å²) in [4.78, 5) is 3.96. The summed E-state index contributed by atoms with van der Waals surface area (Å²) < 4.78 is 0. The van der Waals surface area contributed by atoms with Crippen LogP contribution in [0.25, 0.3) is 0 Å². The molecular formula is C12H17ClN2. The third kappa shape index (κ3) is 2.85. The van der Waals surface area contributed by atoms with Gasteiger partial charge in [0.1, 0.15) is 0 Å². The van der Waals surface area contributed by atoms with Gasteiger partial charge in [0.15, 0.2) is 0 Å². The van der Waals surface area contributed by atoms with E-state index in [0.29, 0.717) is 5.02 Å².